The minimum atomic E-state index is -1.82. The quantitative estimate of drug-likeness (QED) is 0.141. The fourth-order valence-electron chi connectivity index (χ4n) is 5.01. The molecule has 5 rings (SSSR count). The number of rotatable bonds is 8. The number of hydrogen-bond acceptors (Lipinski definition) is 16. The molecule has 0 amide bonds. The van der Waals surface area contributed by atoms with Gasteiger partial charge in [0.25, 0.3) is 0 Å². The lowest BCUT2D eigenvalue weighted by atomic mass is 9.99. The van der Waals surface area contributed by atoms with E-state index < -0.39 is 73.1 Å². The van der Waals surface area contributed by atoms with Crippen molar-refractivity contribution in [3.8, 4) is 28.7 Å². The number of methoxy groups -OCH3 is 3. The largest absolute Gasteiger partial charge is 0.507 e. The molecule has 16 heteroatoms. The van der Waals surface area contributed by atoms with Gasteiger partial charge in [-0.3, -0.25) is 4.79 Å². The number of hydrogen-bond donors (Lipinski definition) is 7. The third kappa shape index (κ3) is 5.41. The fourth-order valence-corrected chi connectivity index (χ4v) is 5.01. The third-order valence-electron chi connectivity index (χ3n) is 7.36. The van der Waals surface area contributed by atoms with E-state index in [1.165, 1.54) is 33.5 Å². The van der Waals surface area contributed by atoms with Crippen LogP contribution in [0.25, 0.3) is 21.9 Å². The third-order valence-corrected chi connectivity index (χ3v) is 7.36. The smallest absolute Gasteiger partial charge is 0.229 e. The molecule has 2 saturated heterocycles. The van der Waals surface area contributed by atoms with Crippen molar-refractivity contribution in [2.24, 2.45) is 0 Å². The number of aromatic hydroxyl groups is 1. The summed E-state index contributed by atoms with van der Waals surface area (Å²) in [5.41, 5.74) is -0.913. The average molecular weight is 613 g/mol. The summed E-state index contributed by atoms with van der Waals surface area (Å²) in [5.74, 6) is -0.690. The second-order valence-corrected chi connectivity index (χ2v) is 9.95. The molecular formula is C27H32O16. The number of aliphatic hydroxyl groups is 6. The Bertz CT molecular complexity index is 1520. The molecule has 2 aliphatic heterocycles. The second kappa shape index (κ2) is 12.3. The molecule has 0 radical (unpaired) electrons. The summed E-state index contributed by atoms with van der Waals surface area (Å²) in [6.45, 7) is -0.850. The van der Waals surface area contributed by atoms with Crippen LogP contribution in [0.4, 0.5) is 0 Å². The van der Waals surface area contributed by atoms with E-state index >= 15 is 0 Å². The van der Waals surface area contributed by atoms with Gasteiger partial charge in [0.05, 0.1) is 34.5 Å². The Labute approximate surface area is 242 Å². The Balaban J connectivity index is 1.47. The summed E-state index contributed by atoms with van der Waals surface area (Å²) in [6.07, 6.45) is -14.3. The predicted molar refractivity (Wildman–Crippen MR) is 142 cm³/mol. The molecule has 0 spiro atoms. The summed E-state index contributed by atoms with van der Waals surface area (Å²) < 4.78 is 44.1. The highest BCUT2D eigenvalue weighted by Crippen LogP contribution is 2.44. The van der Waals surface area contributed by atoms with Gasteiger partial charge < -0.3 is 73.3 Å². The zero-order chi connectivity index (χ0) is 31.2. The maximum atomic E-state index is 13.5. The number of aliphatic hydroxyl groups excluding tert-OH is 6. The van der Waals surface area contributed by atoms with Crippen LogP contribution in [0.1, 0.15) is 0 Å². The average Bonchev–Trinajstić information content (AvgIpc) is 2.99. The van der Waals surface area contributed by atoms with E-state index in [0.717, 1.165) is 6.07 Å². The molecule has 236 valence electrons. The molecule has 3 aromatic rings. The Kier molecular flexibility index (Phi) is 8.85. The fraction of sp³-hybridized carbons (Fsp3) is 0.519. The van der Waals surface area contributed by atoms with Gasteiger partial charge in [0, 0.05) is 6.07 Å². The molecule has 0 aliphatic carbocycles. The summed E-state index contributed by atoms with van der Waals surface area (Å²) >= 11 is 0. The Morgan fingerprint density at radius 1 is 0.791 bits per heavy atom. The molecule has 0 unspecified atom stereocenters. The van der Waals surface area contributed by atoms with Crippen molar-refractivity contribution in [1.82, 2.24) is 0 Å². The van der Waals surface area contributed by atoms with Gasteiger partial charge >= 0.3 is 0 Å². The number of phenolic OH excluding ortho intramolecular Hbond substituents is 1. The Morgan fingerprint density at radius 2 is 1.47 bits per heavy atom. The van der Waals surface area contributed by atoms with Gasteiger partial charge in [-0.15, -0.1) is 0 Å². The van der Waals surface area contributed by atoms with Gasteiger partial charge in [0.1, 0.15) is 65.0 Å². The number of ether oxygens (including phenoxy) is 7. The van der Waals surface area contributed by atoms with Crippen molar-refractivity contribution < 1.29 is 73.3 Å². The summed E-state index contributed by atoms with van der Waals surface area (Å²) in [7, 11) is 3.97. The molecule has 2 aromatic carbocycles. The van der Waals surface area contributed by atoms with Gasteiger partial charge in [-0.1, -0.05) is 0 Å². The van der Waals surface area contributed by atoms with Gasteiger partial charge in [-0.05, 0) is 12.1 Å². The number of phenols is 1. The van der Waals surface area contributed by atoms with Crippen molar-refractivity contribution in [2.45, 2.75) is 55.3 Å². The highest BCUT2D eigenvalue weighted by molar-refractivity contribution is 6.01. The van der Waals surface area contributed by atoms with Crippen LogP contribution in [0.15, 0.2) is 27.4 Å². The van der Waals surface area contributed by atoms with Crippen molar-refractivity contribution in [3.05, 3.63) is 28.4 Å². The predicted octanol–water partition coefficient (Wildman–Crippen LogP) is -1.68. The Morgan fingerprint density at radius 3 is 2.14 bits per heavy atom. The molecule has 3 heterocycles. The SMILES string of the molecule is COc1ccc(OC)c2c(=O)c3c(O)cc(O[C@@H]4O[C@H](CO[C@@H]5OC[C@@H](O)[C@H](O)[C@H]5O)[C@@H](O)[C@H](O)[C@H]4O)c(OC)c3oc12. The molecule has 0 bridgehead atoms. The van der Waals surface area contributed by atoms with Crippen molar-refractivity contribution in [1.29, 1.82) is 0 Å². The van der Waals surface area contributed by atoms with E-state index in [9.17, 15) is 40.5 Å². The highest BCUT2D eigenvalue weighted by atomic mass is 16.7. The van der Waals surface area contributed by atoms with E-state index in [2.05, 4.69) is 0 Å². The lowest BCUT2D eigenvalue weighted by Crippen LogP contribution is -2.61. The van der Waals surface area contributed by atoms with Gasteiger partial charge in [0.15, 0.2) is 29.0 Å². The van der Waals surface area contributed by atoms with E-state index in [1.54, 1.807) is 0 Å². The monoisotopic (exact) mass is 612 g/mol. The molecule has 0 saturated carbocycles. The van der Waals surface area contributed by atoms with Gasteiger partial charge in [-0.2, -0.15) is 0 Å². The molecule has 43 heavy (non-hydrogen) atoms. The first-order chi connectivity index (χ1) is 20.5. The Hall–Kier alpha value is -3.45. The van der Waals surface area contributed by atoms with Crippen LogP contribution in [0, 0.1) is 0 Å². The molecule has 1 aromatic heterocycles. The standard InChI is InChI=1S/C27H32O16/c1-36-11-4-5-12(37-2)23-16(11)19(32)15-9(28)6-13(24(38-3)25(15)43-23)41-27-22(35)20(33)18(31)14(42-27)8-40-26-21(34)17(30)10(29)7-39-26/h4-6,10,14,17-18,20-22,26-31,33-35H,7-8H2,1-3H3/t10-,14-,17+,18-,20+,21-,22-,26+,27-/m1/s1. The van der Waals surface area contributed by atoms with Crippen LogP contribution in [0.3, 0.4) is 0 Å². The minimum Gasteiger partial charge on any atom is -0.507 e. The first-order valence-corrected chi connectivity index (χ1v) is 13.1. The summed E-state index contributed by atoms with van der Waals surface area (Å²) in [6, 6.07) is 4.04. The van der Waals surface area contributed by atoms with Crippen LogP contribution in [0.2, 0.25) is 0 Å². The second-order valence-electron chi connectivity index (χ2n) is 9.95. The first-order valence-electron chi connectivity index (χ1n) is 13.1. The zero-order valence-electron chi connectivity index (χ0n) is 23.1. The molecular weight excluding hydrogens is 580 g/mol. The number of benzene rings is 2. The van der Waals surface area contributed by atoms with E-state index in [4.69, 9.17) is 37.6 Å². The van der Waals surface area contributed by atoms with Gasteiger partial charge in [-0.25, -0.2) is 0 Å². The van der Waals surface area contributed by atoms with Crippen molar-refractivity contribution in [3.63, 3.8) is 0 Å². The maximum Gasteiger partial charge on any atom is 0.229 e. The lowest BCUT2D eigenvalue weighted by molar-refractivity contribution is -0.307. The maximum absolute atomic E-state index is 13.5. The van der Waals surface area contributed by atoms with E-state index in [0.29, 0.717) is 0 Å². The minimum absolute atomic E-state index is 0.000418. The van der Waals surface area contributed by atoms with Crippen LogP contribution in [0.5, 0.6) is 28.7 Å². The molecule has 9 atom stereocenters. The summed E-state index contributed by atoms with van der Waals surface area (Å²) in [4.78, 5) is 13.5. The molecule has 7 N–H and O–H groups in total. The first kappa shape index (κ1) is 31.0. The van der Waals surface area contributed by atoms with Gasteiger partial charge in [0.2, 0.25) is 17.5 Å². The van der Waals surface area contributed by atoms with Crippen LogP contribution in [-0.4, -0.2) is 126 Å². The van der Waals surface area contributed by atoms with Crippen LogP contribution in [-0.2, 0) is 14.2 Å². The van der Waals surface area contributed by atoms with Crippen molar-refractivity contribution in [2.75, 3.05) is 34.5 Å². The van der Waals surface area contributed by atoms with E-state index in [1.807, 2.05) is 0 Å². The molecule has 2 fully saturated rings. The van der Waals surface area contributed by atoms with Crippen LogP contribution < -0.4 is 24.4 Å². The van der Waals surface area contributed by atoms with Crippen LogP contribution >= 0.6 is 0 Å². The van der Waals surface area contributed by atoms with Crippen molar-refractivity contribution >= 4 is 21.9 Å². The summed E-state index contributed by atoms with van der Waals surface area (Å²) in [5, 5.41) is 71.8. The topological polar surface area (TPSA) is 236 Å². The number of fused-ring (bicyclic) bond motifs is 2. The normalized spacial score (nSPS) is 31.2. The zero-order valence-corrected chi connectivity index (χ0v) is 23.1. The lowest BCUT2D eigenvalue weighted by Gasteiger charge is -2.41. The molecule has 16 nitrogen and oxygen atoms in total. The molecule has 2 aliphatic rings. The highest BCUT2D eigenvalue weighted by Gasteiger charge is 2.47. The van der Waals surface area contributed by atoms with E-state index in [-0.39, 0.29) is 51.5 Å².